The average Bonchev–Trinajstić information content (AvgIpc) is 2.77. The third-order valence-corrected chi connectivity index (χ3v) is 2.85. The summed E-state index contributed by atoms with van der Waals surface area (Å²) in [5.74, 6) is 0.143. The van der Waals surface area contributed by atoms with Crippen LogP contribution in [0.1, 0.15) is 18.1 Å². The fourth-order valence-corrected chi connectivity index (χ4v) is 1.88. The number of methoxy groups -OCH3 is 1. The van der Waals surface area contributed by atoms with Crippen molar-refractivity contribution in [1.82, 2.24) is 0 Å². The van der Waals surface area contributed by atoms with Gasteiger partial charge in [0.15, 0.2) is 0 Å². The van der Waals surface area contributed by atoms with E-state index < -0.39 is 5.97 Å². The average molecular weight is 249 g/mol. The van der Waals surface area contributed by atoms with E-state index in [9.17, 15) is 4.79 Å². The predicted octanol–water partition coefficient (Wildman–Crippen LogP) is 1.96. The quantitative estimate of drug-likeness (QED) is 0.846. The minimum absolute atomic E-state index is 0.0343. The topological polar surface area (TPSA) is 85.7 Å². The zero-order chi connectivity index (χ0) is 13.1. The Labute approximate surface area is 104 Å². The molecule has 0 spiro atoms. The normalized spacial score (nSPS) is 12.6. The number of hydrogen-bond acceptors (Lipinski definition) is 4. The van der Waals surface area contributed by atoms with Crippen molar-refractivity contribution in [2.75, 3.05) is 13.7 Å². The molecular formula is C13H15NO4. The maximum Gasteiger partial charge on any atom is 0.304 e. The van der Waals surface area contributed by atoms with E-state index in [4.69, 9.17) is 20.0 Å². The fraction of sp³-hybridized carbons (Fsp3) is 0.308. The molecule has 1 atom stereocenters. The number of rotatable bonds is 5. The van der Waals surface area contributed by atoms with E-state index in [2.05, 4.69) is 0 Å². The third kappa shape index (κ3) is 2.46. The standard InChI is InChI=1S/C13H15NO4/c1-17-10-2-3-11-8(4-10)5-12(18-11)9(7-14)6-13(15)16/h2-5,9H,6-7,14H2,1H3,(H,15,16)/t9-/m1/s1. The van der Waals surface area contributed by atoms with Gasteiger partial charge < -0.3 is 20.0 Å². The van der Waals surface area contributed by atoms with Gasteiger partial charge in [0.1, 0.15) is 17.1 Å². The van der Waals surface area contributed by atoms with Crippen LogP contribution in [0, 0.1) is 0 Å². The molecule has 1 aromatic carbocycles. The van der Waals surface area contributed by atoms with Gasteiger partial charge in [0.05, 0.1) is 13.5 Å². The molecule has 96 valence electrons. The summed E-state index contributed by atoms with van der Waals surface area (Å²) in [5, 5.41) is 9.70. The van der Waals surface area contributed by atoms with Crippen LogP contribution >= 0.6 is 0 Å². The highest BCUT2D eigenvalue weighted by molar-refractivity contribution is 5.80. The molecule has 0 unspecified atom stereocenters. The molecule has 1 aromatic heterocycles. The number of ether oxygens (including phenoxy) is 1. The smallest absolute Gasteiger partial charge is 0.304 e. The van der Waals surface area contributed by atoms with E-state index in [-0.39, 0.29) is 18.9 Å². The van der Waals surface area contributed by atoms with E-state index in [1.165, 1.54) is 0 Å². The molecule has 0 amide bonds. The van der Waals surface area contributed by atoms with Gasteiger partial charge in [0.25, 0.3) is 0 Å². The van der Waals surface area contributed by atoms with Gasteiger partial charge in [0, 0.05) is 17.8 Å². The number of hydrogen-bond donors (Lipinski definition) is 2. The van der Waals surface area contributed by atoms with Crippen molar-refractivity contribution < 1.29 is 19.1 Å². The van der Waals surface area contributed by atoms with Crippen LogP contribution in [0.5, 0.6) is 5.75 Å². The van der Waals surface area contributed by atoms with E-state index in [1.807, 2.05) is 12.1 Å². The van der Waals surface area contributed by atoms with Crippen LogP contribution < -0.4 is 10.5 Å². The maximum absolute atomic E-state index is 10.7. The lowest BCUT2D eigenvalue weighted by molar-refractivity contribution is -0.137. The van der Waals surface area contributed by atoms with Crippen LogP contribution in [-0.2, 0) is 4.79 Å². The molecule has 5 heteroatoms. The van der Waals surface area contributed by atoms with Gasteiger partial charge in [-0.2, -0.15) is 0 Å². The first-order chi connectivity index (χ1) is 8.63. The molecule has 0 fully saturated rings. The predicted molar refractivity (Wildman–Crippen MR) is 66.8 cm³/mol. The Balaban J connectivity index is 2.36. The lowest BCUT2D eigenvalue weighted by Gasteiger charge is -2.07. The number of aliphatic carboxylic acids is 1. The Bertz CT molecular complexity index is 561. The van der Waals surface area contributed by atoms with Crippen molar-refractivity contribution in [3.05, 3.63) is 30.0 Å². The second-order valence-corrected chi connectivity index (χ2v) is 4.08. The van der Waals surface area contributed by atoms with Gasteiger partial charge in [-0.15, -0.1) is 0 Å². The van der Waals surface area contributed by atoms with Gasteiger partial charge in [-0.1, -0.05) is 0 Å². The molecule has 2 rings (SSSR count). The summed E-state index contributed by atoms with van der Waals surface area (Å²) in [5.41, 5.74) is 6.29. The Kier molecular flexibility index (Phi) is 3.53. The lowest BCUT2D eigenvalue weighted by Crippen LogP contribution is -2.15. The number of furan rings is 1. The summed E-state index contributed by atoms with van der Waals surface area (Å²) >= 11 is 0. The molecular weight excluding hydrogens is 234 g/mol. The van der Waals surface area contributed by atoms with Crippen molar-refractivity contribution in [3.63, 3.8) is 0 Å². The summed E-state index contributed by atoms with van der Waals surface area (Å²) in [6, 6.07) is 7.26. The number of carboxylic acid groups (broad SMARTS) is 1. The molecule has 0 aliphatic rings. The number of carboxylic acids is 1. The minimum atomic E-state index is -0.886. The molecule has 0 aliphatic carbocycles. The zero-order valence-corrected chi connectivity index (χ0v) is 10.1. The summed E-state index contributed by atoms with van der Waals surface area (Å²) < 4.78 is 10.7. The number of fused-ring (bicyclic) bond motifs is 1. The van der Waals surface area contributed by atoms with E-state index >= 15 is 0 Å². The van der Waals surface area contributed by atoms with Gasteiger partial charge >= 0.3 is 5.97 Å². The van der Waals surface area contributed by atoms with Crippen LogP contribution in [-0.4, -0.2) is 24.7 Å². The first-order valence-corrected chi connectivity index (χ1v) is 5.63. The van der Waals surface area contributed by atoms with Crippen molar-refractivity contribution in [2.45, 2.75) is 12.3 Å². The first-order valence-electron chi connectivity index (χ1n) is 5.63. The molecule has 0 saturated heterocycles. The molecule has 0 radical (unpaired) electrons. The summed E-state index contributed by atoms with van der Waals surface area (Å²) in [4.78, 5) is 10.7. The highest BCUT2D eigenvalue weighted by Gasteiger charge is 2.18. The summed E-state index contributed by atoms with van der Waals surface area (Å²) in [6.07, 6.45) is -0.0343. The largest absolute Gasteiger partial charge is 0.497 e. The van der Waals surface area contributed by atoms with Gasteiger partial charge in [-0.05, 0) is 24.3 Å². The highest BCUT2D eigenvalue weighted by atomic mass is 16.5. The van der Waals surface area contributed by atoms with Crippen molar-refractivity contribution >= 4 is 16.9 Å². The molecule has 18 heavy (non-hydrogen) atoms. The van der Waals surface area contributed by atoms with Crippen molar-refractivity contribution in [2.24, 2.45) is 5.73 Å². The van der Waals surface area contributed by atoms with Crippen LogP contribution in [0.3, 0.4) is 0 Å². The van der Waals surface area contributed by atoms with Gasteiger partial charge in [-0.25, -0.2) is 0 Å². The Morgan fingerprint density at radius 2 is 2.28 bits per heavy atom. The monoisotopic (exact) mass is 249 g/mol. The molecule has 2 aromatic rings. The number of nitrogens with two attached hydrogens (primary N) is 1. The van der Waals surface area contributed by atoms with E-state index in [0.29, 0.717) is 11.3 Å². The van der Waals surface area contributed by atoms with Crippen LogP contribution in [0.2, 0.25) is 0 Å². The van der Waals surface area contributed by atoms with Crippen LogP contribution in [0.15, 0.2) is 28.7 Å². The zero-order valence-electron chi connectivity index (χ0n) is 10.1. The number of benzene rings is 1. The first kappa shape index (κ1) is 12.4. The molecule has 3 N–H and O–H groups in total. The molecule has 5 nitrogen and oxygen atoms in total. The highest BCUT2D eigenvalue weighted by Crippen LogP contribution is 2.29. The second kappa shape index (κ2) is 5.10. The van der Waals surface area contributed by atoms with E-state index in [1.54, 1.807) is 19.2 Å². The fourth-order valence-electron chi connectivity index (χ4n) is 1.88. The van der Waals surface area contributed by atoms with Crippen molar-refractivity contribution in [1.29, 1.82) is 0 Å². The molecule has 0 saturated carbocycles. The summed E-state index contributed by atoms with van der Waals surface area (Å²) in [6.45, 7) is 0.239. The maximum atomic E-state index is 10.7. The summed E-state index contributed by atoms with van der Waals surface area (Å²) in [7, 11) is 1.59. The van der Waals surface area contributed by atoms with E-state index in [0.717, 1.165) is 11.1 Å². The minimum Gasteiger partial charge on any atom is -0.497 e. The number of carbonyl (C=O) groups is 1. The molecule has 0 aliphatic heterocycles. The van der Waals surface area contributed by atoms with Gasteiger partial charge in [-0.3, -0.25) is 4.79 Å². The Morgan fingerprint density at radius 3 is 2.89 bits per heavy atom. The Hall–Kier alpha value is -2.01. The second-order valence-electron chi connectivity index (χ2n) is 4.08. The molecule has 1 heterocycles. The van der Waals surface area contributed by atoms with Gasteiger partial charge in [0.2, 0.25) is 0 Å². The van der Waals surface area contributed by atoms with Crippen molar-refractivity contribution in [3.8, 4) is 5.75 Å². The Morgan fingerprint density at radius 1 is 1.50 bits per heavy atom. The molecule has 0 bridgehead atoms. The third-order valence-electron chi connectivity index (χ3n) is 2.85. The van der Waals surface area contributed by atoms with Crippen LogP contribution in [0.4, 0.5) is 0 Å². The lowest BCUT2D eigenvalue weighted by atomic mass is 10.0. The van der Waals surface area contributed by atoms with Crippen LogP contribution in [0.25, 0.3) is 11.0 Å². The SMILES string of the molecule is COc1ccc2oc([C@@H](CN)CC(=O)O)cc2c1.